The maximum absolute atomic E-state index is 13.6. The van der Waals surface area contributed by atoms with Gasteiger partial charge in [-0.1, -0.05) is 12.1 Å². The van der Waals surface area contributed by atoms with Crippen molar-refractivity contribution in [2.75, 3.05) is 17.4 Å². The monoisotopic (exact) mass is 352 g/mol. The molecule has 2 N–H and O–H groups in total. The van der Waals surface area contributed by atoms with Crippen molar-refractivity contribution in [3.8, 4) is 11.5 Å². The number of nitrogens with zero attached hydrogens (tertiary/aromatic N) is 2. The van der Waals surface area contributed by atoms with Gasteiger partial charge in [0, 0.05) is 11.8 Å². The number of halogens is 1. The van der Waals surface area contributed by atoms with Gasteiger partial charge in [0.05, 0.1) is 18.1 Å². The molecule has 0 radical (unpaired) electrons. The van der Waals surface area contributed by atoms with Crippen LogP contribution < -0.4 is 20.1 Å². The second-order valence-electron chi connectivity index (χ2n) is 5.41. The SMILES string of the molecule is O=C(Nc1ccc2c(c1)OCO2)c1cnc(Nc2ccccc2F)cn1. The number of carbonyl (C=O) groups is 1. The molecule has 2 heterocycles. The van der Waals surface area contributed by atoms with Gasteiger partial charge in [0.15, 0.2) is 11.5 Å². The molecule has 1 aromatic heterocycles. The van der Waals surface area contributed by atoms with E-state index in [1.807, 2.05) is 0 Å². The summed E-state index contributed by atoms with van der Waals surface area (Å²) in [6, 6.07) is 11.3. The maximum atomic E-state index is 13.6. The molecule has 0 atom stereocenters. The van der Waals surface area contributed by atoms with Crippen LogP contribution in [-0.2, 0) is 0 Å². The van der Waals surface area contributed by atoms with E-state index >= 15 is 0 Å². The lowest BCUT2D eigenvalue weighted by molar-refractivity contribution is 0.102. The Hall–Kier alpha value is -3.68. The molecule has 2 aromatic carbocycles. The van der Waals surface area contributed by atoms with Crippen molar-refractivity contribution in [2.24, 2.45) is 0 Å². The highest BCUT2D eigenvalue weighted by Gasteiger charge is 2.15. The number of rotatable bonds is 4. The van der Waals surface area contributed by atoms with Crippen LogP contribution in [0.4, 0.5) is 21.6 Å². The Labute approximate surface area is 147 Å². The lowest BCUT2D eigenvalue weighted by Gasteiger charge is -2.08. The number of carbonyl (C=O) groups excluding carboxylic acids is 1. The van der Waals surface area contributed by atoms with E-state index in [1.54, 1.807) is 36.4 Å². The summed E-state index contributed by atoms with van der Waals surface area (Å²) < 4.78 is 24.1. The molecule has 0 saturated heterocycles. The zero-order valence-electron chi connectivity index (χ0n) is 13.4. The Bertz CT molecular complexity index is 963. The molecule has 0 saturated carbocycles. The third kappa shape index (κ3) is 3.25. The number of aromatic nitrogens is 2. The van der Waals surface area contributed by atoms with Gasteiger partial charge in [-0.25, -0.2) is 14.4 Å². The fraction of sp³-hybridized carbons (Fsp3) is 0.0556. The van der Waals surface area contributed by atoms with Crippen LogP contribution in [0.1, 0.15) is 10.5 Å². The standard InChI is InChI=1S/C18H13FN4O3/c19-12-3-1-2-4-13(12)23-17-9-20-14(8-21-17)18(24)22-11-5-6-15-16(7-11)26-10-25-15/h1-9H,10H2,(H,21,23)(H,22,24). The number of benzene rings is 2. The Kier molecular flexibility index (Phi) is 4.06. The van der Waals surface area contributed by atoms with Gasteiger partial charge in [0.2, 0.25) is 6.79 Å². The average molecular weight is 352 g/mol. The minimum atomic E-state index is -0.422. The topological polar surface area (TPSA) is 85.4 Å². The van der Waals surface area contributed by atoms with E-state index in [2.05, 4.69) is 20.6 Å². The highest BCUT2D eigenvalue weighted by molar-refractivity contribution is 6.02. The summed E-state index contributed by atoms with van der Waals surface area (Å²) in [5.41, 5.74) is 0.954. The summed E-state index contributed by atoms with van der Waals surface area (Å²) in [4.78, 5) is 20.4. The van der Waals surface area contributed by atoms with Gasteiger partial charge in [-0.2, -0.15) is 0 Å². The first-order chi connectivity index (χ1) is 12.7. The fourth-order valence-corrected chi connectivity index (χ4v) is 2.38. The molecule has 7 nitrogen and oxygen atoms in total. The van der Waals surface area contributed by atoms with Crippen LogP contribution >= 0.6 is 0 Å². The number of nitrogens with one attached hydrogen (secondary N) is 2. The Morgan fingerprint density at radius 2 is 1.88 bits per heavy atom. The molecule has 4 rings (SSSR count). The van der Waals surface area contributed by atoms with Gasteiger partial charge in [-0.05, 0) is 24.3 Å². The van der Waals surface area contributed by atoms with Crippen molar-refractivity contribution in [1.82, 2.24) is 9.97 Å². The predicted molar refractivity (Wildman–Crippen MR) is 92.2 cm³/mol. The van der Waals surface area contributed by atoms with E-state index < -0.39 is 11.7 Å². The average Bonchev–Trinajstić information content (AvgIpc) is 3.12. The maximum Gasteiger partial charge on any atom is 0.275 e. The number of anilines is 3. The molecule has 0 aliphatic carbocycles. The largest absolute Gasteiger partial charge is 0.454 e. The third-order valence-electron chi connectivity index (χ3n) is 3.65. The first-order valence-corrected chi connectivity index (χ1v) is 7.74. The van der Waals surface area contributed by atoms with Gasteiger partial charge in [-0.15, -0.1) is 0 Å². The van der Waals surface area contributed by atoms with Crippen LogP contribution in [0.3, 0.4) is 0 Å². The highest BCUT2D eigenvalue weighted by Crippen LogP contribution is 2.34. The molecular weight excluding hydrogens is 339 g/mol. The molecule has 0 unspecified atom stereocenters. The number of fused-ring (bicyclic) bond motifs is 1. The van der Waals surface area contributed by atoms with Crippen molar-refractivity contribution in [3.63, 3.8) is 0 Å². The first kappa shape index (κ1) is 15.8. The molecule has 0 spiro atoms. The van der Waals surface area contributed by atoms with Crippen molar-refractivity contribution >= 4 is 23.1 Å². The Morgan fingerprint density at radius 1 is 1.04 bits per heavy atom. The predicted octanol–water partition coefficient (Wildman–Crippen LogP) is 3.34. The highest BCUT2D eigenvalue weighted by atomic mass is 19.1. The van der Waals surface area contributed by atoms with Crippen LogP contribution in [0.15, 0.2) is 54.9 Å². The van der Waals surface area contributed by atoms with Crippen LogP contribution in [0, 0.1) is 5.82 Å². The van der Waals surface area contributed by atoms with Crippen LogP contribution in [0.5, 0.6) is 11.5 Å². The van der Waals surface area contributed by atoms with E-state index in [1.165, 1.54) is 18.5 Å². The first-order valence-electron chi connectivity index (χ1n) is 7.74. The molecular formula is C18H13FN4O3. The smallest absolute Gasteiger partial charge is 0.275 e. The zero-order valence-corrected chi connectivity index (χ0v) is 13.4. The molecule has 3 aromatic rings. The molecule has 8 heteroatoms. The molecule has 26 heavy (non-hydrogen) atoms. The summed E-state index contributed by atoms with van der Waals surface area (Å²) in [7, 11) is 0. The summed E-state index contributed by atoms with van der Waals surface area (Å²) >= 11 is 0. The molecule has 0 fully saturated rings. The van der Waals surface area contributed by atoms with Crippen molar-refractivity contribution < 1.29 is 18.7 Å². The number of para-hydroxylation sites is 1. The van der Waals surface area contributed by atoms with E-state index in [0.29, 0.717) is 23.0 Å². The summed E-state index contributed by atoms with van der Waals surface area (Å²) in [6.07, 6.45) is 2.67. The van der Waals surface area contributed by atoms with E-state index in [9.17, 15) is 9.18 Å². The molecule has 1 aliphatic rings. The summed E-state index contributed by atoms with van der Waals surface area (Å²) in [6.45, 7) is 0.161. The van der Waals surface area contributed by atoms with Crippen molar-refractivity contribution in [3.05, 3.63) is 66.4 Å². The van der Waals surface area contributed by atoms with Crippen molar-refractivity contribution in [1.29, 1.82) is 0 Å². The van der Waals surface area contributed by atoms with Gasteiger partial charge < -0.3 is 20.1 Å². The van der Waals surface area contributed by atoms with Gasteiger partial charge in [-0.3, -0.25) is 4.79 Å². The third-order valence-corrected chi connectivity index (χ3v) is 3.65. The van der Waals surface area contributed by atoms with Gasteiger partial charge in [0.1, 0.15) is 17.3 Å². The molecule has 130 valence electrons. The minimum absolute atomic E-state index is 0.127. The Morgan fingerprint density at radius 3 is 2.69 bits per heavy atom. The van der Waals surface area contributed by atoms with Gasteiger partial charge in [0.25, 0.3) is 5.91 Å². The quantitative estimate of drug-likeness (QED) is 0.749. The molecule has 0 bridgehead atoms. The minimum Gasteiger partial charge on any atom is -0.454 e. The van der Waals surface area contributed by atoms with Crippen molar-refractivity contribution in [2.45, 2.75) is 0 Å². The normalized spacial score (nSPS) is 11.9. The van der Waals surface area contributed by atoms with Crippen LogP contribution in [0.25, 0.3) is 0 Å². The number of hydrogen-bond acceptors (Lipinski definition) is 6. The number of amides is 1. The second-order valence-corrected chi connectivity index (χ2v) is 5.41. The van der Waals surface area contributed by atoms with Crippen LogP contribution in [0.2, 0.25) is 0 Å². The number of ether oxygens (including phenoxy) is 2. The number of hydrogen-bond donors (Lipinski definition) is 2. The molecule has 1 aliphatic heterocycles. The zero-order chi connectivity index (χ0) is 17.9. The van der Waals surface area contributed by atoms with Crippen LogP contribution in [-0.4, -0.2) is 22.7 Å². The van der Waals surface area contributed by atoms with E-state index in [-0.39, 0.29) is 18.2 Å². The summed E-state index contributed by atoms with van der Waals surface area (Å²) in [5, 5.41) is 5.51. The van der Waals surface area contributed by atoms with E-state index in [4.69, 9.17) is 9.47 Å². The molecule has 1 amide bonds. The summed E-state index contributed by atoms with van der Waals surface area (Å²) in [5.74, 6) is 0.701. The Balaban J connectivity index is 1.44. The second kappa shape index (κ2) is 6.67. The lowest BCUT2D eigenvalue weighted by Crippen LogP contribution is -2.14. The lowest BCUT2D eigenvalue weighted by atomic mass is 10.2. The van der Waals surface area contributed by atoms with E-state index in [0.717, 1.165) is 0 Å². The van der Waals surface area contributed by atoms with Gasteiger partial charge >= 0.3 is 0 Å². The fourth-order valence-electron chi connectivity index (χ4n) is 2.38.